The molecule has 0 bridgehead atoms. The highest BCUT2D eigenvalue weighted by Crippen LogP contribution is 2.16. The van der Waals surface area contributed by atoms with Crippen molar-refractivity contribution < 1.29 is 9.18 Å². The number of rotatable bonds is 2. The average Bonchev–Trinajstić information content (AvgIpc) is 2.74. The molecule has 1 aromatic heterocycles. The van der Waals surface area contributed by atoms with Crippen molar-refractivity contribution in [1.82, 2.24) is 14.8 Å². The van der Waals surface area contributed by atoms with Crippen LogP contribution in [-0.4, -0.2) is 20.7 Å². The quantitative estimate of drug-likeness (QED) is 0.894. The van der Waals surface area contributed by atoms with E-state index in [4.69, 9.17) is 11.6 Å². The number of nitrogens with one attached hydrogen (secondary N) is 1. The Kier molecular flexibility index (Phi) is 3.07. The zero-order valence-electron chi connectivity index (χ0n) is 7.65. The van der Waals surface area contributed by atoms with Gasteiger partial charge < -0.3 is 0 Å². The Hall–Kier alpha value is -1.60. The van der Waals surface area contributed by atoms with Crippen molar-refractivity contribution in [1.29, 1.82) is 0 Å². The summed E-state index contributed by atoms with van der Waals surface area (Å²) in [6.45, 7) is 0. The van der Waals surface area contributed by atoms with Crippen molar-refractivity contribution in [2.24, 2.45) is 0 Å². The zero-order valence-corrected chi connectivity index (χ0v) is 9.22. The highest BCUT2D eigenvalue weighted by atomic mass is 35.5. The van der Waals surface area contributed by atoms with Gasteiger partial charge in [-0.25, -0.2) is 4.39 Å². The van der Waals surface area contributed by atoms with Crippen LogP contribution in [-0.2, 0) is 0 Å². The first-order valence-corrected chi connectivity index (χ1v) is 5.23. The monoisotopic (exact) mass is 258 g/mol. The number of anilines is 1. The lowest BCUT2D eigenvalue weighted by atomic mass is 10.2. The lowest BCUT2D eigenvalue weighted by molar-refractivity contribution is 0.102. The van der Waals surface area contributed by atoms with Crippen molar-refractivity contribution in [3.05, 3.63) is 34.6 Å². The molecule has 5 nitrogen and oxygen atoms in total. The number of carbonyl (C=O) groups excluding carboxylic acids is 1. The van der Waals surface area contributed by atoms with Crippen LogP contribution < -0.4 is 5.32 Å². The summed E-state index contributed by atoms with van der Waals surface area (Å²) in [5.41, 5.74) is -0.150. The van der Waals surface area contributed by atoms with Crippen molar-refractivity contribution in [2.75, 3.05) is 5.32 Å². The molecular weight excluding hydrogens is 255 g/mol. The number of benzene rings is 1. The first-order chi connectivity index (χ1) is 7.66. The third kappa shape index (κ3) is 2.31. The molecule has 0 aliphatic carbocycles. The van der Waals surface area contributed by atoms with Gasteiger partial charge in [0.05, 0.1) is 5.56 Å². The minimum Gasteiger partial charge on any atom is -0.295 e. The molecule has 1 N–H and O–H groups in total. The molecule has 1 aromatic carbocycles. The maximum atomic E-state index is 13.3. The van der Waals surface area contributed by atoms with Crippen LogP contribution in [0.4, 0.5) is 9.52 Å². The fourth-order valence-electron chi connectivity index (χ4n) is 1.02. The molecule has 0 unspecified atom stereocenters. The molecule has 8 heteroatoms. The third-order valence-electron chi connectivity index (χ3n) is 1.69. The maximum absolute atomic E-state index is 13.3. The second-order valence-corrected chi connectivity index (χ2v) is 3.91. The number of aromatic nitrogens is 3. The average molecular weight is 259 g/mol. The SMILES string of the molecule is O=C(Nc1nnns1)c1cc(Cl)ccc1F. The molecule has 0 saturated heterocycles. The summed E-state index contributed by atoms with van der Waals surface area (Å²) in [6, 6.07) is 3.72. The molecule has 0 atom stereocenters. The molecule has 0 radical (unpaired) electrons. The van der Waals surface area contributed by atoms with Crippen LogP contribution in [0.2, 0.25) is 5.02 Å². The molecule has 2 aromatic rings. The molecule has 0 aliphatic rings. The Bertz CT molecular complexity index is 519. The summed E-state index contributed by atoms with van der Waals surface area (Å²) in [6.07, 6.45) is 0. The van der Waals surface area contributed by atoms with Gasteiger partial charge in [-0.05, 0) is 23.4 Å². The second-order valence-electron chi connectivity index (χ2n) is 2.75. The molecule has 0 fully saturated rings. The molecule has 2 rings (SSSR count). The predicted octanol–water partition coefficient (Wildman–Crippen LogP) is 1.98. The summed E-state index contributed by atoms with van der Waals surface area (Å²) in [5, 5.41) is 9.63. The Morgan fingerprint density at radius 3 is 3.00 bits per heavy atom. The Morgan fingerprint density at radius 2 is 2.31 bits per heavy atom. The number of halogens is 2. The maximum Gasteiger partial charge on any atom is 0.260 e. The van der Waals surface area contributed by atoms with Gasteiger partial charge in [0.15, 0.2) is 0 Å². The molecule has 1 amide bonds. The van der Waals surface area contributed by atoms with Crippen molar-refractivity contribution in [3.63, 3.8) is 0 Å². The normalized spacial score (nSPS) is 10.1. The molecule has 0 aliphatic heterocycles. The van der Waals surface area contributed by atoms with E-state index < -0.39 is 11.7 Å². The van der Waals surface area contributed by atoms with Crippen LogP contribution in [0, 0.1) is 5.82 Å². The Morgan fingerprint density at radius 1 is 1.50 bits per heavy atom. The Balaban J connectivity index is 2.24. The van der Waals surface area contributed by atoms with E-state index in [1.54, 1.807) is 0 Å². The lowest BCUT2D eigenvalue weighted by Gasteiger charge is -2.02. The van der Waals surface area contributed by atoms with E-state index in [1.165, 1.54) is 12.1 Å². The molecule has 82 valence electrons. The van der Waals surface area contributed by atoms with Crippen LogP contribution in [0.5, 0.6) is 0 Å². The van der Waals surface area contributed by atoms with Gasteiger partial charge in [-0.15, -0.1) is 0 Å². The zero-order chi connectivity index (χ0) is 11.5. The summed E-state index contributed by atoms with van der Waals surface area (Å²) < 4.78 is 16.7. The molecular formula is C8H4ClFN4OS. The highest BCUT2D eigenvalue weighted by Gasteiger charge is 2.13. The Labute approximate surface area is 98.4 Å². The van der Waals surface area contributed by atoms with Crippen molar-refractivity contribution >= 4 is 34.2 Å². The van der Waals surface area contributed by atoms with Gasteiger partial charge in [-0.1, -0.05) is 21.2 Å². The minimum absolute atomic E-state index is 0.150. The van der Waals surface area contributed by atoms with E-state index in [0.717, 1.165) is 17.6 Å². The van der Waals surface area contributed by atoms with Gasteiger partial charge in [0.2, 0.25) is 5.13 Å². The smallest absolute Gasteiger partial charge is 0.260 e. The van der Waals surface area contributed by atoms with E-state index in [0.29, 0.717) is 0 Å². The van der Waals surface area contributed by atoms with Crippen molar-refractivity contribution in [2.45, 2.75) is 0 Å². The highest BCUT2D eigenvalue weighted by molar-refractivity contribution is 7.09. The van der Waals surface area contributed by atoms with Gasteiger partial charge in [-0.3, -0.25) is 10.1 Å². The second kappa shape index (κ2) is 4.50. The first kappa shape index (κ1) is 10.9. The summed E-state index contributed by atoms with van der Waals surface area (Å²) >= 11 is 6.55. The topological polar surface area (TPSA) is 67.8 Å². The summed E-state index contributed by atoms with van der Waals surface area (Å²) in [5.74, 6) is -1.29. The van der Waals surface area contributed by atoms with Crippen LogP contribution in [0.3, 0.4) is 0 Å². The van der Waals surface area contributed by atoms with Gasteiger partial charge >= 0.3 is 0 Å². The molecule has 16 heavy (non-hydrogen) atoms. The van der Waals surface area contributed by atoms with Gasteiger partial charge in [-0.2, -0.15) is 0 Å². The predicted molar refractivity (Wildman–Crippen MR) is 57.1 cm³/mol. The largest absolute Gasteiger partial charge is 0.295 e. The van der Waals surface area contributed by atoms with Crippen LogP contribution in [0.25, 0.3) is 0 Å². The van der Waals surface area contributed by atoms with Gasteiger partial charge in [0.1, 0.15) is 5.82 Å². The minimum atomic E-state index is -0.653. The van der Waals surface area contributed by atoms with E-state index in [1.807, 2.05) is 0 Å². The fourth-order valence-corrected chi connectivity index (χ4v) is 1.55. The van der Waals surface area contributed by atoms with Crippen LogP contribution >= 0.6 is 23.1 Å². The van der Waals surface area contributed by atoms with Crippen LogP contribution in [0.1, 0.15) is 10.4 Å². The molecule has 0 spiro atoms. The first-order valence-electron chi connectivity index (χ1n) is 4.08. The van der Waals surface area contributed by atoms with E-state index in [2.05, 4.69) is 20.1 Å². The third-order valence-corrected chi connectivity index (χ3v) is 2.44. The summed E-state index contributed by atoms with van der Waals surface area (Å²) in [4.78, 5) is 11.6. The van der Waals surface area contributed by atoms with Crippen molar-refractivity contribution in [3.8, 4) is 0 Å². The number of amides is 1. The number of carbonyl (C=O) groups is 1. The molecule has 1 heterocycles. The van der Waals surface area contributed by atoms with Gasteiger partial charge in [0.25, 0.3) is 5.91 Å². The molecule has 0 saturated carbocycles. The van der Waals surface area contributed by atoms with E-state index in [9.17, 15) is 9.18 Å². The fraction of sp³-hybridized carbons (Fsp3) is 0. The standard InChI is InChI=1S/C8H4ClFN4OS/c9-4-1-2-6(10)5(3-4)7(15)11-8-12-13-14-16-8/h1-3H,(H,11,12,14,15). The lowest BCUT2D eigenvalue weighted by Crippen LogP contribution is -2.13. The number of hydrogen-bond donors (Lipinski definition) is 1. The number of hydrogen-bond acceptors (Lipinski definition) is 5. The van der Waals surface area contributed by atoms with E-state index >= 15 is 0 Å². The number of nitrogens with zero attached hydrogens (tertiary/aromatic N) is 3. The van der Waals surface area contributed by atoms with Crippen LogP contribution in [0.15, 0.2) is 18.2 Å². The van der Waals surface area contributed by atoms with Gasteiger partial charge in [0, 0.05) is 16.6 Å². The van der Waals surface area contributed by atoms with E-state index in [-0.39, 0.29) is 15.7 Å². The summed E-state index contributed by atoms with van der Waals surface area (Å²) in [7, 11) is 0.